The molecule has 0 bridgehead atoms. The molecule has 2 aliphatic rings. The maximum atomic E-state index is 13.1. The quantitative estimate of drug-likeness (QED) is 0.828. The van der Waals surface area contributed by atoms with Crippen LogP contribution in [0, 0.1) is 0 Å². The Hall–Kier alpha value is -1.93. The summed E-state index contributed by atoms with van der Waals surface area (Å²) in [5.41, 5.74) is 1.33. The van der Waals surface area contributed by atoms with Crippen molar-refractivity contribution in [3.05, 3.63) is 23.8 Å². The monoisotopic (exact) mass is 407 g/mol. The zero-order valence-electron chi connectivity index (χ0n) is 16.8. The molecule has 8 heteroatoms. The Morgan fingerprint density at radius 1 is 1.11 bits per heavy atom. The first-order valence-corrected chi connectivity index (χ1v) is 11.4. The van der Waals surface area contributed by atoms with E-state index in [1.807, 2.05) is 13.8 Å². The highest BCUT2D eigenvalue weighted by atomic mass is 32.2. The van der Waals surface area contributed by atoms with Gasteiger partial charge in [-0.05, 0) is 50.5 Å². The second-order valence-electron chi connectivity index (χ2n) is 7.88. The summed E-state index contributed by atoms with van der Waals surface area (Å²) in [6.45, 7) is 6.23. The smallest absolute Gasteiger partial charge is 0.243 e. The fraction of sp³-hybridized carbons (Fsp3) is 0.600. The van der Waals surface area contributed by atoms with Gasteiger partial charge in [0.1, 0.15) is 6.04 Å². The molecule has 0 unspecified atom stereocenters. The molecule has 1 atom stereocenters. The lowest BCUT2D eigenvalue weighted by atomic mass is 10.1. The Balaban J connectivity index is 1.91. The number of nitrogens with one attached hydrogen (secondary N) is 1. The Labute approximate surface area is 167 Å². The number of amides is 2. The molecule has 0 radical (unpaired) electrons. The van der Waals surface area contributed by atoms with Crippen LogP contribution in [0.15, 0.2) is 23.1 Å². The van der Waals surface area contributed by atoms with E-state index in [-0.39, 0.29) is 22.8 Å². The Morgan fingerprint density at radius 3 is 2.32 bits per heavy atom. The number of hydrogen-bond donors (Lipinski definition) is 1. The van der Waals surface area contributed by atoms with E-state index in [0.717, 1.165) is 31.2 Å². The number of hydrogen-bond acceptors (Lipinski definition) is 4. The van der Waals surface area contributed by atoms with Gasteiger partial charge in [-0.1, -0.05) is 12.8 Å². The van der Waals surface area contributed by atoms with Crippen LogP contribution in [-0.4, -0.2) is 49.7 Å². The van der Waals surface area contributed by atoms with Crippen LogP contribution in [0.5, 0.6) is 0 Å². The van der Waals surface area contributed by atoms with Crippen molar-refractivity contribution in [2.24, 2.45) is 0 Å². The molecule has 1 fully saturated rings. The fourth-order valence-corrected chi connectivity index (χ4v) is 5.57. The van der Waals surface area contributed by atoms with E-state index in [2.05, 4.69) is 5.32 Å². The minimum absolute atomic E-state index is 0.0380. The molecule has 7 nitrogen and oxygen atoms in total. The van der Waals surface area contributed by atoms with Crippen molar-refractivity contribution in [2.75, 3.05) is 18.0 Å². The average Bonchev–Trinajstić information content (AvgIpc) is 2.79. The van der Waals surface area contributed by atoms with Crippen LogP contribution in [0.2, 0.25) is 0 Å². The molecule has 0 spiro atoms. The predicted octanol–water partition coefficient (Wildman–Crippen LogP) is 2.05. The van der Waals surface area contributed by atoms with E-state index in [4.69, 9.17) is 0 Å². The lowest BCUT2D eigenvalue weighted by Crippen LogP contribution is -2.49. The SMILES string of the molecule is CC(=O)N1c2ccc(S(=O)(=O)N3CCCCCC3)cc2C[C@H]1C(=O)NC(C)C. The highest BCUT2D eigenvalue weighted by molar-refractivity contribution is 7.89. The molecular weight excluding hydrogens is 378 g/mol. The normalized spacial score (nSPS) is 20.7. The minimum Gasteiger partial charge on any atom is -0.352 e. The summed E-state index contributed by atoms with van der Waals surface area (Å²) in [6.07, 6.45) is 4.17. The van der Waals surface area contributed by atoms with E-state index in [0.29, 0.717) is 25.2 Å². The molecule has 2 heterocycles. The summed E-state index contributed by atoms with van der Waals surface area (Å²) in [4.78, 5) is 26.5. The standard InChI is InChI=1S/C20H29N3O4S/c1-14(2)21-20(25)19-13-16-12-17(8-9-18(16)23(19)15(3)24)28(26,27)22-10-6-4-5-7-11-22/h8-9,12,14,19H,4-7,10-11,13H2,1-3H3,(H,21,25)/t19-/m0/s1. The molecule has 1 aromatic rings. The first-order valence-electron chi connectivity index (χ1n) is 9.95. The summed E-state index contributed by atoms with van der Waals surface area (Å²) >= 11 is 0. The summed E-state index contributed by atoms with van der Waals surface area (Å²) in [7, 11) is -3.57. The van der Waals surface area contributed by atoms with Crippen molar-refractivity contribution in [1.29, 1.82) is 0 Å². The van der Waals surface area contributed by atoms with Crippen LogP contribution in [0.1, 0.15) is 52.0 Å². The van der Waals surface area contributed by atoms with Gasteiger partial charge in [0.15, 0.2) is 0 Å². The first kappa shape index (κ1) is 20.8. The molecular formula is C20H29N3O4S. The summed E-state index contributed by atoms with van der Waals surface area (Å²) < 4.78 is 27.7. The van der Waals surface area contributed by atoms with Gasteiger partial charge in [0.05, 0.1) is 4.90 Å². The van der Waals surface area contributed by atoms with Gasteiger partial charge in [-0.15, -0.1) is 0 Å². The van der Waals surface area contributed by atoms with Crippen LogP contribution in [0.3, 0.4) is 0 Å². The van der Waals surface area contributed by atoms with E-state index in [1.165, 1.54) is 11.8 Å². The third-order valence-electron chi connectivity index (χ3n) is 5.31. The number of benzene rings is 1. The largest absolute Gasteiger partial charge is 0.352 e. The molecule has 2 aliphatic heterocycles. The van der Waals surface area contributed by atoms with Crippen LogP contribution in [0.4, 0.5) is 5.69 Å². The van der Waals surface area contributed by atoms with Gasteiger partial charge in [0, 0.05) is 38.2 Å². The zero-order chi connectivity index (χ0) is 20.5. The number of carbonyl (C=O) groups excluding carboxylic acids is 2. The van der Waals surface area contributed by atoms with Crippen LogP contribution in [-0.2, 0) is 26.0 Å². The third kappa shape index (κ3) is 4.07. The zero-order valence-corrected chi connectivity index (χ0v) is 17.6. The second kappa shape index (κ2) is 8.21. The molecule has 1 aromatic carbocycles. The molecule has 0 aromatic heterocycles. The molecule has 1 saturated heterocycles. The number of fused-ring (bicyclic) bond motifs is 1. The third-order valence-corrected chi connectivity index (χ3v) is 7.21. The highest BCUT2D eigenvalue weighted by Crippen LogP contribution is 2.35. The lowest BCUT2D eigenvalue weighted by Gasteiger charge is -2.24. The molecule has 2 amide bonds. The number of nitrogens with zero attached hydrogens (tertiary/aromatic N) is 2. The second-order valence-corrected chi connectivity index (χ2v) is 9.82. The van der Waals surface area contributed by atoms with Crippen molar-refractivity contribution in [1.82, 2.24) is 9.62 Å². The fourth-order valence-electron chi connectivity index (χ4n) is 4.00. The van der Waals surface area contributed by atoms with Gasteiger partial charge >= 0.3 is 0 Å². The van der Waals surface area contributed by atoms with Crippen LogP contribution >= 0.6 is 0 Å². The van der Waals surface area contributed by atoms with Crippen molar-refractivity contribution in [3.63, 3.8) is 0 Å². The van der Waals surface area contributed by atoms with Crippen molar-refractivity contribution in [3.8, 4) is 0 Å². The maximum absolute atomic E-state index is 13.1. The molecule has 0 saturated carbocycles. The van der Waals surface area contributed by atoms with Gasteiger partial charge in [-0.3, -0.25) is 14.5 Å². The van der Waals surface area contributed by atoms with Gasteiger partial charge in [-0.2, -0.15) is 4.31 Å². The molecule has 28 heavy (non-hydrogen) atoms. The number of rotatable bonds is 4. The number of carbonyl (C=O) groups is 2. The predicted molar refractivity (Wildman–Crippen MR) is 108 cm³/mol. The minimum atomic E-state index is -3.57. The van der Waals surface area contributed by atoms with E-state index < -0.39 is 16.1 Å². The lowest BCUT2D eigenvalue weighted by molar-refractivity contribution is -0.125. The number of anilines is 1. The Bertz CT molecular complexity index is 858. The number of sulfonamides is 1. The van der Waals surface area contributed by atoms with Gasteiger partial charge in [-0.25, -0.2) is 8.42 Å². The summed E-state index contributed by atoms with van der Waals surface area (Å²) in [6, 6.07) is 4.16. The first-order chi connectivity index (χ1) is 13.2. The van der Waals surface area contributed by atoms with Gasteiger partial charge < -0.3 is 5.32 Å². The maximum Gasteiger partial charge on any atom is 0.243 e. The van der Waals surface area contributed by atoms with E-state index in [1.54, 1.807) is 22.5 Å². The van der Waals surface area contributed by atoms with Crippen molar-refractivity contribution >= 4 is 27.5 Å². The average molecular weight is 408 g/mol. The molecule has 0 aliphatic carbocycles. The summed E-state index contributed by atoms with van der Waals surface area (Å²) in [5, 5.41) is 2.85. The van der Waals surface area contributed by atoms with Crippen LogP contribution in [0.25, 0.3) is 0 Å². The van der Waals surface area contributed by atoms with Gasteiger partial charge in [0.2, 0.25) is 21.8 Å². The highest BCUT2D eigenvalue weighted by Gasteiger charge is 2.38. The molecule has 1 N–H and O–H groups in total. The van der Waals surface area contributed by atoms with Crippen LogP contribution < -0.4 is 10.2 Å². The summed E-state index contributed by atoms with van der Waals surface area (Å²) in [5.74, 6) is -0.455. The van der Waals surface area contributed by atoms with E-state index >= 15 is 0 Å². The van der Waals surface area contributed by atoms with E-state index in [9.17, 15) is 18.0 Å². The van der Waals surface area contributed by atoms with Crippen molar-refractivity contribution < 1.29 is 18.0 Å². The van der Waals surface area contributed by atoms with Gasteiger partial charge in [0.25, 0.3) is 0 Å². The molecule has 3 rings (SSSR count). The topological polar surface area (TPSA) is 86.8 Å². The Morgan fingerprint density at radius 2 is 1.75 bits per heavy atom. The molecule has 154 valence electrons. The van der Waals surface area contributed by atoms with Crippen molar-refractivity contribution in [2.45, 2.75) is 69.9 Å². The Kier molecular flexibility index (Phi) is 6.09.